The van der Waals surface area contributed by atoms with E-state index in [0.29, 0.717) is 33.6 Å². The van der Waals surface area contributed by atoms with E-state index in [2.05, 4.69) is 26.0 Å². The maximum atomic E-state index is 12.5. The molecule has 0 spiro atoms. The molecule has 9 heteroatoms. The molecular weight excluding hydrogens is 354 g/mol. The van der Waals surface area contributed by atoms with E-state index >= 15 is 0 Å². The number of carbonyl (C=O) groups is 2. The van der Waals surface area contributed by atoms with Crippen LogP contribution < -0.4 is 10.9 Å². The molecule has 3 aromatic rings. The number of aromatic amines is 1. The Bertz CT molecular complexity index is 920. The number of furan rings is 1. The minimum Gasteiger partial charge on any atom is -0.466 e. The Morgan fingerprint density at radius 3 is 2.54 bits per heavy atom. The Labute approximate surface area is 153 Å². The lowest BCUT2D eigenvalue weighted by Crippen LogP contribution is -2.42. The van der Waals surface area contributed by atoms with Gasteiger partial charge >= 0.3 is 0 Å². The van der Waals surface area contributed by atoms with Gasteiger partial charge in [-0.1, -0.05) is 30.0 Å². The fourth-order valence-electron chi connectivity index (χ4n) is 2.38. The highest BCUT2D eigenvalue weighted by molar-refractivity contribution is 7.98. The van der Waals surface area contributed by atoms with Crippen LogP contribution >= 0.6 is 11.8 Å². The van der Waals surface area contributed by atoms with Gasteiger partial charge in [0.2, 0.25) is 0 Å². The van der Waals surface area contributed by atoms with Gasteiger partial charge < -0.3 is 4.42 Å². The molecule has 0 atom stereocenters. The maximum absolute atomic E-state index is 12.5. The first kappa shape index (κ1) is 17.7. The number of nitrogens with zero attached hydrogens (tertiary/aromatic N) is 2. The summed E-state index contributed by atoms with van der Waals surface area (Å²) in [6, 6.07) is 8.79. The van der Waals surface area contributed by atoms with Crippen LogP contribution in [0.5, 0.6) is 0 Å². The first-order valence-electron chi connectivity index (χ1n) is 7.78. The van der Waals surface area contributed by atoms with E-state index in [-0.39, 0.29) is 0 Å². The molecule has 0 fully saturated rings. The number of aromatic nitrogens is 3. The van der Waals surface area contributed by atoms with Crippen LogP contribution in [0.2, 0.25) is 0 Å². The summed E-state index contributed by atoms with van der Waals surface area (Å²) in [6.45, 7) is 3.45. The highest BCUT2D eigenvalue weighted by Gasteiger charge is 2.16. The van der Waals surface area contributed by atoms with E-state index in [1.165, 1.54) is 18.1 Å². The average molecular weight is 371 g/mol. The van der Waals surface area contributed by atoms with Gasteiger partial charge in [-0.25, -0.2) is 4.98 Å². The fraction of sp³-hybridized carbons (Fsp3) is 0.176. The van der Waals surface area contributed by atoms with Gasteiger partial charge in [0.1, 0.15) is 17.8 Å². The van der Waals surface area contributed by atoms with Crippen molar-refractivity contribution in [2.24, 2.45) is 0 Å². The van der Waals surface area contributed by atoms with Crippen molar-refractivity contribution >= 4 is 23.6 Å². The normalized spacial score (nSPS) is 10.5. The number of amides is 2. The van der Waals surface area contributed by atoms with Crippen LogP contribution in [-0.4, -0.2) is 27.0 Å². The molecular formula is C17H17N5O3S. The predicted molar refractivity (Wildman–Crippen MR) is 95.5 cm³/mol. The number of aryl methyl sites for hydroxylation is 2. The number of rotatable bonds is 5. The van der Waals surface area contributed by atoms with Crippen molar-refractivity contribution in [3.05, 3.63) is 64.9 Å². The van der Waals surface area contributed by atoms with Crippen LogP contribution in [0.1, 0.15) is 37.8 Å². The van der Waals surface area contributed by atoms with Gasteiger partial charge in [-0.3, -0.25) is 25.5 Å². The molecule has 2 amide bonds. The number of hydrazine groups is 1. The number of thioether (sulfide) groups is 1. The quantitative estimate of drug-likeness (QED) is 0.469. The minimum atomic E-state index is -0.429. The maximum Gasteiger partial charge on any atom is 0.273 e. The van der Waals surface area contributed by atoms with Crippen LogP contribution in [0.4, 0.5) is 0 Å². The molecule has 0 aliphatic carbocycles. The summed E-state index contributed by atoms with van der Waals surface area (Å²) in [6.07, 6.45) is 1.43. The minimum absolute atomic E-state index is 0.386. The molecule has 0 unspecified atom stereocenters. The van der Waals surface area contributed by atoms with E-state index in [1.54, 1.807) is 32.0 Å². The van der Waals surface area contributed by atoms with Crippen molar-refractivity contribution in [2.45, 2.75) is 24.8 Å². The fourth-order valence-corrected chi connectivity index (χ4v) is 3.16. The van der Waals surface area contributed by atoms with E-state index < -0.39 is 11.8 Å². The Morgan fingerprint density at radius 1 is 1.15 bits per heavy atom. The van der Waals surface area contributed by atoms with Crippen LogP contribution in [-0.2, 0) is 5.75 Å². The lowest BCUT2D eigenvalue weighted by atomic mass is 10.1. The lowest BCUT2D eigenvalue weighted by molar-refractivity contribution is 0.0845. The number of hydrogen-bond acceptors (Lipinski definition) is 6. The lowest BCUT2D eigenvalue weighted by Gasteiger charge is -2.10. The first-order valence-corrected chi connectivity index (χ1v) is 8.77. The molecule has 1 aromatic carbocycles. The molecule has 8 nitrogen and oxygen atoms in total. The van der Waals surface area contributed by atoms with Crippen molar-refractivity contribution in [3.8, 4) is 0 Å². The van der Waals surface area contributed by atoms with Gasteiger partial charge in [-0.05, 0) is 31.5 Å². The number of nitrogens with one attached hydrogen (secondary N) is 3. The van der Waals surface area contributed by atoms with Gasteiger partial charge in [-0.2, -0.15) is 5.10 Å². The summed E-state index contributed by atoms with van der Waals surface area (Å²) < 4.78 is 5.32. The second-order valence-electron chi connectivity index (χ2n) is 5.47. The zero-order chi connectivity index (χ0) is 18.5. The second kappa shape index (κ2) is 7.87. The Morgan fingerprint density at radius 2 is 1.88 bits per heavy atom. The molecule has 0 aliphatic rings. The Balaban J connectivity index is 1.64. The van der Waals surface area contributed by atoms with E-state index in [4.69, 9.17) is 4.42 Å². The van der Waals surface area contributed by atoms with Gasteiger partial charge in [0, 0.05) is 11.3 Å². The molecule has 0 aliphatic heterocycles. The molecule has 0 saturated heterocycles. The highest BCUT2D eigenvalue weighted by atomic mass is 32.2. The van der Waals surface area contributed by atoms with Gasteiger partial charge in [0.15, 0.2) is 5.16 Å². The van der Waals surface area contributed by atoms with E-state index in [1.807, 2.05) is 12.1 Å². The van der Waals surface area contributed by atoms with Crippen LogP contribution in [0.15, 0.2) is 46.2 Å². The number of benzene rings is 1. The third-order valence-electron chi connectivity index (χ3n) is 3.59. The number of carbonyl (C=O) groups excluding carboxylic acids is 2. The highest BCUT2D eigenvalue weighted by Crippen LogP contribution is 2.21. The monoisotopic (exact) mass is 371 g/mol. The average Bonchev–Trinajstić information content (AvgIpc) is 3.27. The Kier molecular flexibility index (Phi) is 5.37. The van der Waals surface area contributed by atoms with Gasteiger partial charge in [0.25, 0.3) is 11.8 Å². The van der Waals surface area contributed by atoms with Gasteiger partial charge in [0.05, 0.1) is 5.56 Å². The molecule has 3 rings (SSSR count). The molecule has 2 heterocycles. The van der Waals surface area contributed by atoms with Gasteiger partial charge in [-0.15, -0.1) is 0 Å². The van der Waals surface area contributed by atoms with Crippen LogP contribution in [0, 0.1) is 13.8 Å². The van der Waals surface area contributed by atoms with Crippen molar-refractivity contribution in [1.29, 1.82) is 0 Å². The Hall–Kier alpha value is -3.07. The molecule has 0 bridgehead atoms. The summed E-state index contributed by atoms with van der Waals surface area (Å²) in [4.78, 5) is 28.7. The van der Waals surface area contributed by atoms with Crippen molar-refractivity contribution < 1.29 is 14.0 Å². The molecule has 134 valence electrons. The molecule has 26 heavy (non-hydrogen) atoms. The summed E-state index contributed by atoms with van der Waals surface area (Å²) in [5, 5.41) is 7.21. The van der Waals surface area contributed by atoms with Crippen LogP contribution in [0.25, 0.3) is 0 Å². The number of hydrogen-bond donors (Lipinski definition) is 3. The van der Waals surface area contributed by atoms with E-state index in [9.17, 15) is 9.59 Å². The van der Waals surface area contributed by atoms with Crippen LogP contribution in [0.3, 0.4) is 0 Å². The molecule has 0 saturated carbocycles. The zero-order valence-corrected chi connectivity index (χ0v) is 15.0. The zero-order valence-electron chi connectivity index (χ0n) is 14.2. The third kappa shape index (κ3) is 4.12. The largest absolute Gasteiger partial charge is 0.466 e. The predicted octanol–water partition coefficient (Wildman–Crippen LogP) is 2.38. The topological polar surface area (TPSA) is 113 Å². The van der Waals surface area contributed by atoms with Crippen molar-refractivity contribution in [1.82, 2.24) is 26.0 Å². The molecule has 3 N–H and O–H groups in total. The van der Waals surface area contributed by atoms with Crippen molar-refractivity contribution in [3.63, 3.8) is 0 Å². The molecule has 2 aromatic heterocycles. The SMILES string of the molecule is Cc1cc(C(=O)NNC(=O)c2ccccc2CSc2ncn[nH]2)c(C)o1. The second-order valence-corrected chi connectivity index (χ2v) is 6.44. The smallest absolute Gasteiger partial charge is 0.273 e. The molecule has 0 radical (unpaired) electrons. The van der Waals surface area contributed by atoms with Crippen molar-refractivity contribution in [2.75, 3.05) is 0 Å². The summed E-state index contributed by atoms with van der Waals surface area (Å²) in [5.41, 5.74) is 6.53. The summed E-state index contributed by atoms with van der Waals surface area (Å²) in [5.74, 6) is 0.838. The summed E-state index contributed by atoms with van der Waals surface area (Å²) in [7, 11) is 0. The standard InChI is InChI=1S/C17H17N5O3S/c1-10-7-14(11(2)25-10)16(24)21-20-15(23)13-6-4-3-5-12(13)8-26-17-18-9-19-22-17/h3-7,9H,8H2,1-2H3,(H,20,23)(H,21,24)(H,18,19,22). The number of H-pyrrole nitrogens is 1. The third-order valence-corrected chi connectivity index (χ3v) is 4.52. The van der Waals surface area contributed by atoms with E-state index in [0.717, 1.165) is 5.56 Å². The summed E-state index contributed by atoms with van der Waals surface area (Å²) >= 11 is 1.43. The first-order chi connectivity index (χ1) is 12.5.